The van der Waals surface area contributed by atoms with Gasteiger partial charge in [0.2, 0.25) is 0 Å². The summed E-state index contributed by atoms with van der Waals surface area (Å²) in [5.74, 6) is 0.404. The fraction of sp³-hybridized carbons (Fsp3) is 0.562. The molecule has 1 saturated carbocycles. The molecule has 1 aliphatic rings. The van der Waals surface area contributed by atoms with Gasteiger partial charge in [-0.3, -0.25) is 4.79 Å². The van der Waals surface area contributed by atoms with Crippen LogP contribution < -0.4 is 0 Å². The Balaban J connectivity index is 2.06. The molecule has 17 heavy (non-hydrogen) atoms. The van der Waals surface area contributed by atoms with Crippen molar-refractivity contribution in [2.24, 2.45) is 5.41 Å². The predicted octanol–water partition coefficient (Wildman–Crippen LogP) is 3.90. The topological polar surface area (TPSA) is 17.1 Å². The van der Waals surface area contributed by atoms with Gasteiger partial charge in [-0.2, -0.15) is 0 Å². The highest BCUT2D eigenvalue weighted by atomic mass is 16.1. The molecule has 1 nitrogen and oxygen atoms in total. The van der Waals surface area contributed by atoms with Crippen molar-refractivity contribution in [1.29, 1.82) is 0 Å². The normalized spacial score (nSPS) is 17.9. The molecule has 1 fully saturated rings. The van der Waals surface area contributed by atoms with E-state index in [0.29, 0.717) is 12.2 Å². The minimum atomic E-state index is 0.00268. The van der Waals surface area contributed by atoms with Gasteiger partial charge in [0.1, 0.15) is 5.78 Å². The van der Waals surface area contributed by atoms with Crippen molar-refractivity contribution < 1.29 is 4.79 Å². The Morgan fingerprint density at radius 3 is 2.12 bits per heavy atom. The molecule has 92 valence electrons. The molecule has 2 rings (SSSR count). The van der Waals surface area contributed by atoms with Crippen LogP contribution in [0, 0.1) is 5.41 Å². The third-order valence-corrected chi connectivity index (χ3v) is 3.86. The van der Waals surface area contributed by atoms with Crippen LogP contribution in [0.5, 0.6) is 0 Å². The van der Waals surface area contributed by atoms with E-state index in [1.807, 2.05) is 0 Å². The minimum absolute atomic E-state index is 0.00268. The Kier molecular flexibility index (Phi) is 2.89. The van der Waals surface area contributed by atoms with Gasteiger partial charge in [-0.05, 0) is 29.4 Å². The number of hydrogen-bond donors (Lipinski definition) is 0. The van der Waals surface area contributed by atoms with E-state index in [-0.39, 0.29) is 10.8 Å². The Morgan fingerprint density at radius 2 is 1.71 bits per heavy atom. The highest BCUT2D eigenvalue weighted by Gasteiger charge is 2.43. The molecule has 1 aliphatic carbocycles. The Labute approximate surface area is 104 Å². The number of benzene rings is 1. The Bertz CT molecular complexity index is 416. The molecule has 0 amide bonds. The first-order chi connectivity index (χ1) is 7.81. The number of rotatable bonds is 3. The molecular formula is C16H22O. The van der Waals surface area contributed by atoms with Crippen LogP contribution in [-0.2, 0) is 16.6 Å². The lowest BCUT2D eigenvalue weighted by atomic mass is 9.86. The number of carbonyl (C=O) groups excluding carboxylic acids is 1. The lowest BCUT2D eigenvalue weighted by Gasteiger charge is -2.19. The second-order valence-corrected chi connectivity index (χ2v) is 6.61. The summed E-state index contributed by atoms with van der Waals surface area (Å²) in [6, 6.07) is 8.50. The smallest absolute Gasteiger partial charge is 0.143 e. The predicted molar refractivity (Wildman–Crippen MR) is 71.2 cm³/mol. The van der Waals surface area contributed by atoms with Crippen LogP contribution in [0.1, 0.15) is 51.7 Å². The van der Waals surface area contributed by atoms with Crippen LogP contribution in [0.4, 0.5) is 0 Å². The third kappa shape index (κ3) is 2.77. The van der Waals surface area contributed by atoms with Gasteiger partial charge in [0.15, 0.2) is 0 Å². The molecule has 1 aromatic carbocycles. The molecule has 0 aliphatic heterocycles. The van der Waals surface area contributed by atoms with Gasteiger partial charge in [-0.25, -0.2) is 0 Å². The fourth-order valence-corrected chi connectivity index (χ4v) is 1.99. The maximum absolute atomic E-state index is 12.0. The van der Waals surface area contributed by atoms with E-state index >= 15 is 0 Å². The lowest BCUT2D eigenvalue weighted by molar-refractivity contribution is -0.122. The molecule has 0 spiro atoms. The molecule has 0 heterocycles. The van der Waals surface area contributed by atoms with Gasteiger partial charge in [0.25, 0.3) is 0 Å². The first-order valence-electron chi connectivity index (χ1n) is 6.44. The summed E-state index contributed by atoms with van der Waals surface area (Å²) in [6.45, 7) is 8.70. The van der Waals surface area contributed by atoms with E-state index in [1.165, 1.54) is 5.56 Å². The summed E-state index contributed by atoms with van der Waals surface area (Å²) in [5, 5.41) is 0. The van der Waals surface area contributed by atoms with Crippen LogP contribution in [0.15, 0.2) is 24.3 Å². The Morgan fingerprint density at radius 1 is 1.18 bits per heavy atom. The molecule has 0 bridgehead atoms. The largest absolute Gasteiger partial charge is 0.299 e. The quantitative estimate of drug-likeness (QED) is 0.769. The van der Waals surface area contributed by atoms with E-state index in [9.17, 15) is 4.79 Å². The van der Waals surface area contributed by atoms with Crippen molar-refractivity contribution in [1.82, 2.24) is 0 Å². The maximum Gasteiger partial charge on any atom is 0.143 e. The highest BCUT2D eigenvalue weighted by molar-refractivity contribution is 5.88. The summed E-state index contributed by atoms with van der Waals surface area (Å²) in [7, 11) is 0. The minimum Gasteiger partial charge on any atom is -0.299 e. The first-order valence-corrected chi connectivity index (χ1v) is 6.44. The summed E-state index contributed by atoms with van der Waals surface area (Å²) < 4.78 is 0. The number of carbonyl (C=O) groups is 1. The van der Waals surface area contributed by atoms with E-state index in [0.717, 1.165) is 18.4 Å². The third-order valence-electron chi connectivity index (χ3n) is 3.86. The van der Waals surface area contributed by atoms with Crippen molar-refractivity contribution in [3.63, 3.8) is 0 Å². The van der Waals surface area contributed by atoms with Crippen LogP contribution in [0.25, 0.3) is 0 Å². The lowest BCUT2D eigenvalue weighted by Crippen LogP contribution is -2.15. The van der Waals surface area contributed by atoms with Gasteiger partial charge < -0.3 is 0 Å². The van der Waals surface area contributed by atoms with E-state index in [2.05, 4.69) is 52.0 Å². The monoisotopic (exact) mass is 230 g/mol. The van der Waals surface area contributed by atoms with Crippen molar-refractivity contribution >= 4 is 5.78 Å². The summed E-state index contributed by atoms with van der Waals surface area (Å²) >= 11 is 0. The van der Waals surface area contributed by atoms with Crippen LogP contribution in [-0.4, -0.2) is 5.78 Å². The van der Waals surface area contributed by atoms with Crippen LogP contribution >= 0.6 is 0 Å². The summed E-state index contributed by atoms with van der Waals surface area (Å²) in [6.07, 6.45) is 2.75. The molecule has 1 heteroatoms. The molecule has 0 radical (unpaired) electrons. The van der Waals surface area contributed by atoms with Gasteiger partial charge in [-0.1, -0.05) is 52.0 Å². The summed E-state index contributed by atoms with van der Waals surface area (Å²) in [5.41, 5.74) is 2.66. The maximum atomic E-state index is 12.0. The second kappa shape index (κ2) is 3.97. The van der Waals surface area contributed by atoms with Crippen molar-refractivity contribution in [2.45, 2.75) is 52.4 Å². The number of hydrogen-bond acceptors (Lipinski definition) is 1. The zero-order chi connectivity index (χ0) is 12.7. The number of ketones is 1. The SMILES string of the molecule is CC1(C(=O)Cc2ccc(C(C)(C)C)cc2)CC1. The standard InChI is InChI=1S/C16H22O/c1-15(2,3)13-7-5-12(6-8-13)11-14(17)16(4)9-10-16/h5-8H,9-11H2,1-4H3. The van der Waals surface area contributed by atoms with Crippen molar-refractivity contribution in [2.75, 3.05) is 0 Å². The fourth-order valence-electron chi connectivity index (χ4n) is 1.99. The van der Waals surface area contributed by atoms with Crippen LogP contribution in [0.2, 0.25) is 0 Å². The van der Waals surface area contributed by atoms with Crippen molar-refractivity contribution in [3.05, 3.63) is 35.4 Å². The Hall–Kier alpha value is -1.11. The van der Waals surface area contributed by atoms with E-state index in [4.69, 9.17) is 0 Å². The first kappa shape index (κ1) is 12.3. The van der Waals surface area contributed by atoms with Gasteiger partial charge in [0, 0.05) is 11.8 Å². The van der Waals surface area contributed by atoms with Gasteiger partial charge >= 0.3 is 0 Å². The molecular weight excluding hydrogens is 208 g/mol. The average molecular weight is 230 g/mol. The number of Topliss-reactive ketones (excluding diaryl/α,β-unsaturated/α-hetero) is 1. The second-order valence-electron chi connectivity index (χ2n) is 6.61. The molecule has 0 N–H and O–H groups in total. The average Bonchev–Trinajstić information content (AvgIpc) is 2.97. The molecule has 0 unspecified atom stereocenters. The zero-order valence-corrected chi connectivity index (χ0v) is 11.3. The van der Waals surface area contributed by atoms with Gasteiger partial charge in [-0.15, -0.1) is 0 Å². The van der Waals surface area contributed by atoms with Crippen molar-refractivity contribution in [3.8, 4) is 0 Å². The molecule has 1 aromatic rings. The van der Waals surface area contributed by atoms with Crippen LogP contribution in [0.3, 0.4) is 0 Å². The van der Waals surface area contributed by atoms with Gasteiger partial charge in [0.05, 0.1) is 0 Å². The zero-order valence-electron chi connectivity index (χ0n) is 11.3. The summed E-state index contributed by atoms with van der Waals surface area (Å²) in [4.78, 5) is 12.0. The molecule has 0 saturated heterocycles. The van der Waals surface area contributed by atoms with E-state index in [1.54, 1.807) is 0 Å². The molecule has 0 aromatic heterocycles. The molecule has 0 atom stereocenters. The highest BCUT2D eigenvalue weighted by Crippen LogP contribution is 2.46. The van der Waals surface area contributed by atoms with E-state index < -0.39 is 0 Å².